The number of hydrogen-bond acceptors (Lipinski definition) is 4. The van der Waals surface area contributed by atoms with Gasteiger partial charge in [-0.05, 0) is 12.1 Å². The number of rotatable bonds is 4. The predicted molar refractivity (Wildman–Crippen MR) is 91.1 cm³/mol. The molecule has 0 unspecified atom stereocenters. The Balaban J connectivity index is 2.07. The van der Waals surface area contributed by atoms with E-state index in [9.17, 15) is 10.2 Å². The number of anilines is 2. The van der Waals surface area contributed by atoms with E-state index in [1.807, 2.05) is 62.6 Å². The van der Waals surface area contributed by atoms with Crippen LogP contribution in [0.3, 0.4) is 0 Å². The van der Waals surface area contributed by atoms with E-state index in [4.69, 9.17) is 0 Å². The highest BCUT2D eigenvalue weighted by atomic mass is 16.3. The second-order valence-corrected chi connectivity index (χ2v) is 5.04. The molecule has 1 aliphatic rings. The topological polar surface area (TPSA) is 64.5 Å². The van der Waals surface area contributed by atoms with Gasteiger partial charge in [0.05, 0.1) is 11.1 Å². The van der Waals surface area contributed by atoms with Gasteiger partial charge in [0.15, 0.2) is 0 Å². The average Bonchev–Trinajstić information content (AvgIpc) is 2.56. The van der Waals surface area contributed by atoms with E-state index in [-0.39, 0.29) is 11.5 Å². The Morgan fingerprint density at radius 2 is 1.00 bits per heavy atom. The van der Waals surface area contributed by atoms with E-state index in [1.165, 1.54) is 0 Å². The van der Waals surface area contributed by atoms with E-state index < -0.39 is 0 Å². The van der Waals surface area contributed by atoms with Crippen LogP contribution in [0.15, 0.2) is 60.0 Å². The van der Waals surface area contributed by atoms with Crippen molar-refractivity contribution in [1.29, 1.82) is 0 Å². The Hall–Kier alpha value is -2.88. The second-order valence-electron chi connectivity index (χ2n) is 5.04. The first-order chi connectivity index (χ1) is 10.7. The van der Waals surface area contributed by atoms with Gasteiger partial charge in [-0.15, -0.1) is 0 Å². The Morgan fingerprint density at radius 3 is 1.36 bits per heavy atom. The van der Waals surface area contributed by atoms with Crippen LogP contribution in [0.5, 0.6) is 0 Å². The summed E-state index contributed by atoms with van der Waals surface area (Å²) < 4.78 is 0. The third-order valence-corrected chi connectivity index (χ3v) is 3.88. The van der Waals surface area contributed by atoms with Crippen LogP contribution in [0, 0.1) is 0 Å². The SMILES string of the molecule is CNc1ccccc1C1=C(O)C(c2ccccc2NC)=C1O. The molecule has 0 heterocycles. The van der Waals surface area contributed by atoms with Crippen LogP contribution in [0.4, 0.5) is 11.4 Å². The van der Waals surface area contributed by atoms with Gasteiger partial charge in [0.25, 0.3) is 0 Å². The molecule has 0 radical (unpaired) electrons. The van der Waals surface area contributed by atoms with Crippen molar-refractivity contribution < 1.29 is 10.2 Å². The first-order valence-electron chi connectivity index (χ1n) is 7.10. The Kier molecular flexibility index (Phi) is 3.51. The van der Waals surface area contributed by atoms with Crippen LogP contribution in [-0.2, 0) is 0 Å². The molecule has 0 aromatic heterocycles. The van der Waals surface area contributed by atoms with Crippen LogP contribution >= 0.6 is 0 Å². The highest BCUT2D eigenvalue weighted by Gasteiger charge is 2.33. The van der Waals surface area contributed by atoms with Crippen LogP contribution in [0.25, 0.3) is 11.1 Å². The lowest BCUT2D eigenvalue weighted by molar-refractivity contribution is 0.390. The Bertz CT molecular complexity index is 713. The number of benzene rings is 2. The molecular weight excluding hydrogens is 276 g/mol. The smallest absolute Gasteiger partial charge is 0.138 e. The van der Waals surface area contributed by atoms with Crippen molar-refractivity contribution in [3.05, 3.63) is 71.2 Å². The molecule has 22 heavy (non-hydrogen) atoms. The fourth-order valence-corrected chi connectivity index (χ4v) is 2.76. The predicted octanol–water partition coefficient (Wildman–Crippen LogP) is 4.02. The van der Waals surface area contributed by atoms with Crippen LogP contribution in [-0.4, -0.2) is 24.3 Å². The van der Waals surface area contributed by atoms with Crippen LogP contribution in [0.2, 0.25) is 0 Å². The number of aliphatic hydroxyl groups is 2. The highest BCUT2D eigenvalue weighted by molar-refractivity contribution is 6.09. The van der Waals surface area contributed by atoms with Gasteiger partial charge < -0.3 is 20.8 Å². The van der Waals surface area contributed by atoms with Gasteiger partial charge in [0, 0.05) is 36.6 Å². The van der Waals surface area contributed by atoms with Gasteiger partial charge >= 0.3 is 0 Å². The van der Waals surface area contributed by atoms with E-state index in [0.717, 1.165) is 22.5 Å². The minimum Gasteiger partial charge on any atom is -0.506 e. The molecule has 1 aliphatic carbocycles. The van der Waals surface area contributed by atoms with Crippen LogP contribution in [0.1, 0.15) is 11.1 Å². The molecule has 4 N–H and O–H groups in total. The van der Waals surface area contributed by atoms with E-state index >= 15 is 0 Å². The van der Waals surface area contributed by atoms with Crippen molar-refractivity contribution in [3.8, 4) is 0 Å². The zero-order valence-electron chi connectivity index (χ0n) is 12.5. The fourth-order valence-electron chi connectivity index (χ4n) is 2.76. The number of aliphatic hydroxyl groups excluding tert-OH is 2. The summed E-state index contributed by atoms with van der Waals surface area (Å²) in [5, 5.41) is 27.1. The quantitative estimate of drug-likeness (QED) is 0.687. The summed E-state index contributed by atoms with van der Waals surface area (Å²) >= 11 is 0. The van der Waals surface area contributed by atoms with E-state index in [1.54, 1.807) is 0 Å². The first-order valence-corrected chi connectivity index (χ1v) is 7.10. The minimum absolute atomic E-state index is 0.114. The maximum Gasteiger partial charge on any atom is 0.138 e. The van der Waals surface area contributed by atoms with Gasteiger partial charge in [-0.3, -0.25) is 0 Å². The summed E-state index contributed by atoms with van der Waals surface area (Å²) in [6.45, 7) is 0. The monoisotopic (exact) mass is 294 g/mol. The molecule has 0 saturated heterocycles. The number of para-hydroxylation sites is 2. The fraction of sp³-hybridized carbons (Fsp3) is 0.111. The highest BCUT2D eigenvalue weighted by Crippen LogP contribution is 2.47. The maximum atomic E-state index is 10.5. The zero-order valence-corrected chi connectivity index (χ0v) is 12.5. The molecule has 4 nitrogen and oxygen atoms in total. The molecule has 0 amide bonds. The molecule has 2 aromatic rings. The second kappa shape index (κ2) is 5.48. The Labute approximate surface area is 129 Å². The molecule has 2 aromatic carbocycles. The van der Waals surface area contributed by atoms with Crippen molar-refractivity contribution in [1.82, 2.24) is 0 Å². The molecule has 112 valence electrons. The lowest BCUT2D eigenvalue weighted by Crippen LogP contribution is -2.13. The number of hydrogen-bond donors (Lipinski definition) is 4. The maximum absolute atomic E-state index is 10.5. The summed E-state index contributed by atoms with van der Waals surface area (Å²) in [6, 6.07) is 15.1. The number of allylic oxidation sites excluding steroid dienone is 2. The summed E-state index contributed by atoms with van der Waals surface area (Å²) in [7, 11) is 3.63. The molecule has 0 saturated carbocycles. The molecule has 0 aliphatic heterocycles. The molecule has 3 rings (SSSR count). The lowest BCUT2D eigenvalue weighted by Gasteiger charge is -2.26. The van der Waals surface area contributed by atoms with Crippen molar-refractivity contribution >= 4 is 22.5 Å². The molecule has 0 fully saturated rings. The van der Waals surface area contributed by atoms with Gasteiger partial charge in [-0.1, -0.05) is 36.4 Å². The third kappa shape index (κ3) is 2.00. The summed E-state index contributed by atoms with van der Waals surface area (Å²) in [6.07, 6.45) is 0. The van der Waals surface area contributed by atoms with Crippen molar-refractivity contribution in [3.63, 3.8) is 0 Å². The largest absolute Gasteiger partial charge is 0.506 e. The molecular formula is C18H18N2O2. The van der Waals surface area contributed by atoms with Gasteiger partial charge in [-0.2, -0.15) is 0 Å². The third-order valence-electron chi connectivity index (χ3n) is 3.88. The van der Waals surface area contributed by atoms with Gasteiger partial charge in [0.2, 0.25) is 0 Å². The van der Waals surface area contributed by atoms with Gasteiger partial charge in [-0.25, -0.2) is 0 Å². The summed E-state index contributed by atoms with van der Waals surface area (Å²) in [4.78, 5) is 0. The zero-order chi connectivity index (χ0) is 15.7. The summed E-state index contributed by atoms with van der Waals surface area (Å²) in [5.41, 5.74) is 4.24. The molecule has 0 spiro atoms. The van der Waals surface area contributed by atoms with E-state index in [0.29, 0.717) is 11.1 Å². The molecule has 0 atom stereocenters. The number of nitrogens with one attached hydrogen (secondary N) is 2. The lowest BCUT2D eigenvalue weighted by atomic mass is 9.83. The van der Waals surface area contributed by atoms with Gasteiger partial charge in [0.1, 0.15) is 11.5 Å². The van der Waals surface area contributed by atoms with Crippen molar-refractivity contribution in [2.24, 2.45) is 0 Å². The standard InChI is InChI=1S/C18H18N2O2/c1-19-13-9-5-3-7-11(13)15-17(21)16(18(15)22)12-8-4-6-10-14(12)20-2/h3-10,19-22H,1-2H3. The molecule has 0 bridgehead atoms. The average molecular weight is 294 g/mol. The first kappa shape index (κ1) is 14.1. The minimum atomic E-state index is 0.114. The van der Waals surface area contributed by atoms with Crippen molar-refractivity contribution in [2.75, 3.05) is 24.7 Å². The normalized spacial score (nSPS) is 13.9. The molecule has 4 heteroatoms. The van der Waals surface area contributed by atoms with Crippen LogP contribution < -0.4 is 10.6 Å². The van der Waals surface area contributed by atoms with E-state index in [2.05, 4.69) is 10.6 Å². The summed E-state index contributed by atoms with van der Waals surface area (Å²) in [5.74, 6) is 0.228. The Morgan fingerprint density at radius 1 is 0.636 bits per heavy atom. The van der Waals surface area contributed by atoms with Crippen molar-refractivity contribution in [2.45, 2.75) is 0 Å².